The van der Waals surface area contributed by atoms with Crippen LogP contribution in [0.25, 0.3) is 11.0 Å². The standard InChI is InChI=1S/C21H24BrN5O2/c1-5-27-18-11-6-14(20(28)25(2)3)12-17(18)24-19(27)13-26(4)21(29)23-16-9-7-15(22)8-10-16/h6-12H,5,13H2,1-4H3,(H,23,29). The Hall–Kier alpha value is -2.87. The van der Waals surface area contributed by atoms with Crippen molar-refractivity contribution in [2.24, 2.45) is 0 Å². The lowest BCUT2D eigenvalue weighted by Gasteiger charge is -2.18. The minimum Gasteiger partial charge on any atom is -0.345 e. The Morgan fingerprint density at radius 2 is 1.79 bits per heavy atom. The van der Waals surface area contributed by atoms with Crippen molar-refractivity contribution in [3.05, 3.63) is 58.3 Å². The first kappa shape index (κ1) is 20.9. The second kappa shape index (κ2) is 8.65. The molecule has 2 aromatic carbocycles. The lowest BCUT2D eigenvalue weighted by molar-refractivity contribution is 0.0827. The highest BCUT2D eigenvalue weighted by Crippen LogP contribution is 2.20. The van der Waals surface area contributed by atoms with Crippen LogP contribution in [0.3, 0.4) is 0 Å². The quantitative estimate of drug-likeness (QED) is 0.624. The van der Waals surface area contributed by atoms with Crippen molar-refractivity contribution in [1.82, 2.24) is 19.4 Å². The van der Waals surface area contributed by atoms with Crippen LogP contribution in [0.15, 0.2) is 46.9 Å². The van der Waals surface area contributed by atoms with Crippen molar-refractivity contribution < 1.29 is 9.59 Å². The second-order valence-corrected chi connectivity index (χ2v) is 7.88. The molecule has 0 unspecified atom stereocenters. The molecule has 3 aromatic rings. The zero-order chi connectivity index (χ0) is 21.1. The van der Waals surface area contributed by atoms with Gasteiger partial charge in [0.05, 0.1) is 17.6 Å². The third-order valence-electron chi connectivity index (χ3n) is 4.62. The number of carbonyl (C=O) groups excluding carboxylic acids is 2. The lowest BCUT2D eigenvalue weighted by Crippen LogP contribution is -2.31. The number of aryl methyl sites for hydroxylation is 1. The normalized spacial score (nSPS) is 10.8. The summed E-state index contributed by atoms with van der Waals surface area (Å²) in [6, 6.07) is 12.7. The smallest absolute Gasteiger partial charge is 0.321 e. The number of imidazole rings is 1. The Morgan fingerprint density at radius 3 is 2.41 bits per heavy atom. The number of rotatable bonds is 5. The maximum Gasteiger partial charge on any atom is 0.321 e. The van der Waals surface area contributed by atoms with E-state index in [0.717, 1.165) is 33.6 Å². The Kier molecular flexibility index (Phi) is 6.22. The number of nitrogens with zero attached hydrogens (tertiary/aromatic N) is 4. The minimum atomic E-state index is -0.217. The number of amides is 3. The van der Waals surface area contributed by atoms with E-state index in [0.29, 0.717) is 12.1 Å². The number of urea groups is 1. The molecule has 0 spiro atoms. The summed E-state index contributed by atoms with van der Waals surface area (Å²) < 4.78 is 3.01. The lowest BCUT2D eigenvalue weighted by atomic mass is 10.2. The maximum absolute atomic E-state index is 12.6. The Balaban J connectivity index is 1.81. The van der Waals surface area contributed by atoms with E-state index in [1.807, 2.05) is 43.3 Å². The van der Waals surface area contributed by atoms with Crippen LogP contribution in [-0.4, -0.2) is 52.4 Å². The summed E-state index contributed by atoms with van der Waals surface area (Å²) in [6.45, 7) is 3.10. The van der Waals surface area contributed by atoms with Gasteiger partial charge in [-0.25, -0.2) is 9.78 Å². The number of carbonyl (C=O) groups is 2. The fourth-order valence-electron chi connectivity index (χ4n) is 3.08. The van der Waals surface area contributed by atoms with Crippen LogP contribution in [0.4, 0.5) is 10.5 Å². The summed E-state index contributed by atoms with van der Waals surface area (Å²) in [5, 5.41) is 2.88. The summed E-state index contributed by atoms with van der Waals surface area (Å²) in [5.41, 5.74) is 3.01. The number of fused-ring (bicyclic) bond motifs is 1. The van der Waals surface area contributed by atoms with E-state index in [2.05, 4.69) is 25.8 Å². The van der Waals surface area contributed by atoms with Crippen molar-refractivity contribution in [1.29, 1.82) is 0 Å². The molecule has 29 heavy (non-hydrogen) atoms. The van der Waals surface area contributed by atoms with Gasteiger partial charge < -0.3 is 19.7 Å². The van der Waals surface area contributed by atoms with Gasteiger partial charge in [0.1, 0.15) is 5.82 Å². The zero-order valence-corrected chi connectivity index (χ0v) is 18.5. The predicted octanol–water partition coefficient (Wildman–Crippen LogP) is 4.18. The molecule has 1 aromatic heterocycles. The first-order chi connectivity index (χ1) is 13.8. The molecule has 0 bridgehead atoms. The van der Waals surface area contributed by atoms with Gasteiger partial charge in [0.25, 0.3) is 5.91 Å². The molecular formula is C21H24BrN5O2. The van der Waals surface area contributed by atoms with Gasteiger partial charge in [-0.05, 0) is 49.4 Å². The molecule has 1 heterocycles. The highest BCUT2D eigenvalue weighted by Gasteiger charge is 2.17. The van der Waals surface area contributed by atoms with Gasteiger partial charge in [-0.15, -0.1) is 0 Å². The van der Waals surface area contributed by atoms with Crippen molar-refractivity contribution in [3.63, 3.8) is 0 Å². The molecule has 3 rings (SSSR count). The van der Waals surface area contributed by atoms with Crippen molar-refractivity contribution >= 4 is 44.6 Å². The summed E-state index contributed by atoms with van der Waals surface area (Å²) >= 11 is 3.38. The number of benzene rings is 2. The molecule has 0 aliphatic rings. The molecule has 0 saturated heterocycles. The summed E-state index contributed by atoms with van der Waals surface area (Å²) in [5.74, 6) is 0.705. The van der Waals surface area contributed by atoms with Crippen LogP contribution < -0.4 is 5.32 Å². The molecular weight excluding hydrogens is 434 g/mol. The van der Waals surface area contributed by atoms with Crippen molar-refractivity contribution in [2.75, 3.05) is 26.5 Å². The van der Waals surface area contributed by atoms with E-state index in [1.165, 1.54) is 0 Å². The largest absolute Gasteiger partial charge is 0.345 e. The molecule has 1 N–H and O–H groups in total. The first-order valence-corrected chi connectivity index (χ1v) is 10.1. The maximum atomic E-state index is 12.6. The van der Waals surface area contributed by atoms with Gasteiger partial charge in [0.15, 0.2) is 0 Å². The molecule has 0 aliphatic heterocycles. The second-order valence-electron chi connectivity index (χ2n) is 6.97. The van der Waals surface area contributed by atoms with Gasteiger partial charge in [0.2, 0.25) is 0 Å². The van der Waals surface area contributed by atoms with Gasteiger partial charge >= 0.3 is 6.03 Å². The van der Waals surface area contributed by atoms with Crippen molar-refractivity contribution in [3.8, 4) is 0 Å². The average molecular weight is 458 g/mol. The number of anilines is 1. The fraction of sp³-hybridized carbons (Fsp3) is 0.286. The number of aromatic nitrogens is 2. The monoisotopic (exact) mass is 457 g/mol. The third kappa shape index (κ3) is 4.59. The Morgan fingerprint density at radius 1 is 1.10 bits per heavy atom. The fourth-order valence-corrected chi connectivity index (χ4v) is 3.34. The van der Waals surface area contributed by atoms with Crippen LogP contribution in [0.5, 0.6) is 0 Å². The number of hydrogen-bond donors (Lipinski definition) is 1. The molecule has 0 fully saturated rings. The van der Waals surface area contributed by atoms with Gasteiger partial charge in [-0.1, -0.05) is 15.9 Å². The summed E-state index contributed by atoms with van der Waals surface area (Å²) in [4.78, 5) is 32.6. The van der Waals surface area contributed by atoms with E-state index < -0.39 is 0 Å². The van der Waals surface area contributed by atoms with Crippen LogP contribution in [0, 0.1) is 0 Å². The van der Waals surface area contributed by atoms with Crippen LogP contribution in [-0.2, 0) is 13.1 Å². The third-order valence-corrected chi connectivity index (χ3v) is 5.15. The van der Waals surface area contributed by atoms with Crippen LogP contribution in [0.2, 0.25) is 0 Å². The topological polar surface area (TPSA) is 70.5 Å². The van der Waals surface area contributed by atoms with E-state index >= 15 is 0 Å². The molecule has 0 saturated carbocycles. The predicted molar refractivity (Wildman–Crippen MR) is 118 cm³/mol. The van der Waals surface area contributed by atoms with Crippen LogP contribution >= 0.6 is 15.9 Å². The highest BCUT2D eigenvalue weighted by molar-refractivity contribution is 9.10. The summed E-state index contributed by atoms with van der Waals surface area (Å²) in [7, 11) is 5.18. The van der Waals surface area contributed by atoms with E-state index in [4.69, 9.17) is 4.98 Å². The van der Waals surface area contributed by atoms with Gasteiger partial charge in [-0.2, -0.15) is 0 Å². The van der Waals surface area contributed by atoms with Gasteiger partial charge in [-0.3, -0.25) is 4.79 Å². The van der Waals surface area contributed by atoms with E-state index in [1.54, 1.807) is 37.0 Å². The van der Waals surface area contributed by atoms with Gasteiger partial charge in [0, 0.05) is 43.4 Å². The molecule has 0 aliphatic carbocycles. The highest BCUT2D eigenvalue weighted by atomic mass is 79.9. The molecule has 0 atom stereocenters. The SMILES string of the molecule is CCn1c(CN(C)C(=O)Nc2ccc(Br)cc2)nc2cc(C(=O)N(C)C)ccc21. The molecule has 152 valence electrons. The molecule has 8 heteroatoms. The average Bonchev–Trinajstić information content (AvgIpc) is 3.04. The minimum absolute atomic E-state index is 0.0644. The van der Waals surface area contributed by atoms with Crippen molar-refractivity contribution in [2.45, 2.75) is 20.0 Å². The Bertz CT molecular complexity index is 1040. The Labute approximate surface area is 178 Å². The number of hydrogen-bond acceptors (Lipinski definition) is 3. The van der Waals surface area contributed by atoms with E-state index in [-0.39, 0.29) is 11.9 Å². The molecule has 0 radical (unpaired) electrons. The summed E-state index contributed by atoms with van der Waals surface area (Å²) in [6.07, 6.45) is 0. The first-order valence-electron chi connectivity index (χ1n) is 9.28. The van der Waals surface area contributed by atoms with Crippen LogP contribution in [0.1, 0.15) is 23.1 Å². The molecule has 3 amide bonds. The molecule has 7 nitrogen and oxygen atoms in total. The number of nitrogens with one attached hydrogen (secondary N) is 1. The van der Waals surface area contributed by atoms with E-state index in [9.17, 15) is 9.59 Å². The zero-order valence-electron chi connectivity index (χ0n) is 16.9. The number of halogens is 1.